The lowest BCUT2D eigenvalue weighted by atomic mass is 9.76. The average molecular weight is 356 g/mol. The van der Waals surface area contributed by atoms with E-state index in [-0.39, 0.29) is 5.82 Å². The van der Waals surface area contributed by atoms with Crippen LogP contribution in [-0.4, -0.2) is 13.1 Å². The third-order valence-electron chi connectivity index (χ3n) is 4.91. The number of benzene rings is 1. The molecule has 0 aliphatic heterocycles. The Morgan fingerprint density at radius 1 is 1.24 bits per heavy atom. The third kappa shape index (κ3) is 5.07. The highest BCUT2D eigenvalue weighted by Crippen LogP contribution is 2.34. The van der Waals surface area contributed by atoms with Gasteiger partial charge in [-0.3, -0.25) is 0 Å². The molecule has 0 amide bonds. The quantitative estimate of drug-likeness (QED) is 0.727. The summed E-state index contributed by atoms with van der Waals surface area (Å²) in [5.74, 6) is 1.51. The fourth-order valence-electron chi connectivity index (χ4n) is 3.77. The first-order valence-electron chi connectivity index (χ1n) is 8.24. The van der Waals surface area contributed by atoms with Gasteiger partial charge in [0.15, 0.2) is 0 Å². The molecule has 1 aliphatic rings. The molecule has 1 unspecified atom stereocenters. The highest BCUT2D eigenvalue weighted by molar-refractivity contribution is 9.10. The Hall–Kier alpha value is -0.410. The molecule has 1 aliphatic carbocycles. The number of halogens is 2. The Balaban J connectivity index is 1.94. The van der Waals surface area contributed by atoms with Gasteiger partial charge in [0.2, 0.25) is 0 Å². The van der Waals surface area contributed by atoms with Gasteiger partial charge in [-0.05, 0) is 61.9 Å². The monoisotopic (exact) mass is 355 g/mol. The summed E-state index contributed by atoms with van der Waals surface area (Å²) in [6.45, 7) is 2.28. The van der Waals surface area contributed by atoms with Crippen molar-refractivity contribution in [3.8, 4) is 0 Å². The molecule has 0 bridgehead atoms. The molecule has 118 valence electrons. The Morgan fingerprint density at radius 3 is 2.52 bits per heavy atom. The Kier molecular flexibility index (Phi) is 6.69. The minimum Gasteiger partial charge on any atom is -0.316 e. The maximum absolute atomic E-state index is 13.5. The van der Waals surface area contributed by atoms with Gasteiger partial charge in [0.25, 0.3) is 0 Å². The van der Waals surface area contributed by atoms with Crippen molar-refractivity contribution in [1.82, 2.24) is 5.32 Å². The molecular formula is C18H27BrFN. The molecule has 0 radical (unpaired) electrons. The smallest absolute Gasteiger partial charge is 0.124 e. The van der Waals surface area contributed by atoms with E-state index in [0.29, 0.717) is 6.04 Å². The van der Waals surface area contributed by atoms with E-state index >= 15 is 0 Å². The molecular weight excluding hydrogens is 329 g/mol. The van der Waals surface area contributed by atoms with E-state index in [2.05, 4.69) is 28.2 Å². The van der Waals surface area contributed by atoms with E-state index in [0.717, 1.165) is 28.3 Å². The number of hydrogen-bond donors (Lipinski definition) is 1. The summed E-state index contributed by atoms with van der Waals surface area (Å²) >= 11 is 3.39. The van der Waals surface area contributed by atoms with Crippen molar-refractivity contribution < 1.29 is 4.39 Å². The molecule has 1 N–H and O–H groups in total. The SMILES string of the molecule is CCCC1CCC(C(Cc2cc(F)cc(Br)c2)NC)CC1. The van der Waals surface area contributed by atoms with Crippen LogP contribution >= 0.6 is 15.9 Å². The molecule has 1 atom stereocenters. The first-order chi connectivity index (χ1) is 10.1. The van der Waals surface area contributed by atoms with Gasteiger partial charge < -0.3 is 5.32 Å². The van der Waals surface area contributed by atoms with Gasteiger partial charge in [-0.2, -0.15) is 0 Å². The van der Waals surface area contributed by atoms with Crippen LogP contribution in [0.5, 0.6) is 0 Å². The molecule has 1 saturated carbocycles. The van der Waals surface area contributed by atoms with Gasteiger partial charge in [0.1, 0.15) is 5.82 Å². The van der Waals surface area contributed by atoms with Crippen LogP contribution in [0.15, 0.2) is 22.7 Å². The lowest BCUT2D eigenvalue weighted by Crippen LogP contribution is -2.37. The minimum atomic E-state index is -0.152. The molecule has 0 aromatic heterocycles. The first kappa shape index (κ1) is 17.0. The fraction of sp³-hybridized carbons (Fsp3) is 0.667. The topological polar surface area (TPSA) is 12.0 Å². The number of nitrogens with one attached hydrogen (secondary N) is 1. The van der Waals surface area contributed by atoms with Crippen LogP contribution in [-0.2, 0) is 6.42 Å². The lowest BCUT2D eigenvalue weighted by molar-refractivity contribution is 0.217. The molecule has 0 spiro atoms. The molecule has 21 heavy (non-hydrogen) atoms. The second kappa shape index (κ2) is 8.28. The summed E-state index contributed by atoms with van der Waals surface area (Å²) in [7, 11) is 2.04. The zero-order valence-corrected chi connectivity index (χ0v) is 14.8. The number of rotatable bonds is 6. The van der Waals surface area contributed by atoms with E-state index in [9.17, 15) is 4.39 Å². The number of hydrogen-bond acceptors (Lipinski definition) is 1. The van der Waals surface area contributed by atoms with Crippen molar-refractivity contribution in [2.45, 2.75) is 57.9 Å². The molecule has 3 heteroatoms. The van der Waals surface area contributed by atoms with E-state index in [1.54, 1.807) is 6.07 Å². The maximum Gasteiger partial charge on any atom is 0.124 e. The minimum absolute atomic E-state index is 0.152. The third-order valence-corrected chi connectivity index (χ3v) is 5.36. The summed E-state index contributed by atoms with van der Waals surface area (Å²) in [4.78, 5) is 0. The molecule has 1 fully saturated rings. The standard InChI is InChI=1S/C18H27BrFN/c1-3-4-13-5-7-15(8-6-13)18(21-2)11-14-9-16(19)12-17(20)10-14/h9-10,12-13,15,18,21H,3-8,11H2,1-2H3. The highest BCUT2D eigenvalue weighted by atomic mass is 79.9. The van der Waals surface area contributed by atoms with Crippen LogP contribution in [0.4, 0.5) is 4.39 Å². The van der Waals surface area contributed by atoms with Gasteiger partial charge in [0, 0.05) is 10.5 Å². The Labute approximate surface area is 136 Å². The summed E-state index contributed by atoms with van der Waals surface area (Å²) in [5.41, 5.74) is 1.08. The second-order valence-corrected chi connectivity index (χ2v) is 7.36. The molecule has 2 rings (SSSR count). The molecule has 1 nitrogen and oxygen atoms in total. The van der Waals surface area contributed by atoms with Gasteiger partial charge in [-0.15, -0.1) is 0 Å². The van der Waals surface area contributed by atoms with Crippen LogP contribution in [0, 0.1) is 17.7 Å². The van der Waals surface area contributed by atoms with Gasteiger partial charge in [-0.25, -0.2) is 4.39 Å². The fourth-order valence-corrected chi connectivity index (χ4v) is 4.29. The van der Waals surface area contributed by atoms with E-state index in [4.69, 9.17) is 0 Å². The Bertz CT molecular complexity index is 421. The van der Waals surface area contributed by atoms with Gasteiger partial charge >= 0.3 is 0 Å². The highest BCUT2D eigenvalue weighted by Gasteiger charge is 2.26. The second-order valence-electron chi connectivity index (χ2n) is 6.45. The summed E-state index contributed by atoms with van der Waals surface area (Å²) in [6.07, 6.45) is 8.96. The summed E-state index contributed by atoms with van der Waals surface area (Å²) in [5, 5.41) is 3.47. The maximum atomic E-state index is 13.5. The van der Waals surface area contributed by atoms with Crippen LogP contribution in [0.25, 0.3) is 0 Å². The molecule has 1 aromatic carbocycles. The summed E-state index contributed by atoms with van der Waals surface area (Å²) < 4.78 is 14.3. The van der Waals surface area contributed by atoms with Gasteiger partial charge in [-0.1, -0.05) is 48.5 Å². The predicted octanol–water partition coefficient (Wildman–Crippen LogP) is 5.33. The van der Waals surface area contributed by atoms with E-state index in [1.807, 2.05) is 13.1 Å². The van der Waals surface area contributed by atoms with Crippen LogP contribution < -0.4 is 5.32 Å². The van der Waals surface area contributed by atoms with Crippen molar-refractivity contribution in [2.24, 2.45) is 11.8 Å². The predicted molar refractivity (Wildman–Crippen MR) is 91.0 cm³/mol. The largest absolute Gasteiger partial charge is 0.316 e. The average Bonchev–Trinajstić information content (AvgIpc) is 2.45. The van der Waals surface area contributed by atoms with Crippen LogP contribution in [0.2, 0.25) is 0 Å². The number of likely N-dealkylation sites (N-methyl/N-ethyl adjacent to an activating group) is 1. The molecule has 0 saturated heterocycles. The van der Waals surface area contributed by atoms with E-state index < -0.39 is 0 Å². The van der Waals surface area contributed by atoms with Crippen LogP contribution in [0.1, 0.15) is 51.0 Å². The summed E-state index contributed by atoms with van der Waals surface area (Å²) in [6, 6.07) is 5.68. The van der Waals surface area contributed by atoms with Crippen LogP contribution in [0.3, 0.4) is 0 Å². The Morgan fingerprint density at radius 2 is 1.95 bits per heavy atom. The zero-order chi connectivity index (χ0) is 15.2. The van der Waals surface area contributed by atoms with Crippen molar-refractivity contribution in [1.29, 1.82) is 0 Å². The van der Waals surface area contributed by atoms with Crippen molar-refractivity contribution >= 4 is 15.9 Å². The normalized spacial score (nSPS) is 24.0. The lowest BCUT2D eigenvalue weighted by Gasteiger charge is -2.34. The zero-order valence-electron chi connectivity index (χ0n) is 13.2. The van der Waals surface area contributed by atoms with Crippen molar-refractivity contribution in [3.05, 3.63) is 34.1 Å². The first-order valence-corrected chi connectivity index (χ1v) is 9.04. The van der Waals surface area contributed by atoms with Crippen molar-refractivity contribution in [3.63, 3.8) is 0 Å². The molecule has 1 aromatic rings. The van der Waals surface area contributed by atoms with E-state index in [1.165, 1.54) is 44.6 Å². The van der Waals surface area contributed by atoms with Gasteiger partial charge in [0.05, 0.1) is 0 Å². The van der Waals surface area contributed by atoms with Crippen molar-refractivity contribution in [2.75, 3.05) is 7.05 Å². The molecule has 0 heterocycles.